The zero-order chi connectivity index (χ0) is 13.7. The molecule has 0 aromatic heterocycles. The third-order valence-corrected chi connectivity index (χ3v) is 2.55. The Bertz CT molecular complexity index is 441. The van der Waals surface area contributed by atoms with Crippen LogP contribution in [0.5, 0.6) is 0 Å². The van der Waals surface area contributed by atoms with E-state index in [0.717, 1.165) is 17.5 Å². The van der Waals surface area contributed by atoms with Crippen molar-refractivity contribution in [2.75, 3.05) is 18.5 Å². The van der Waals surface area contributed by atoms with Gasteiger partial charge in [-0.15, -0.1) is 0 Å². The Morgan fingerprint density at radius 1 is 1.44 bits per heavy atom. The smallest absolute Gasteiger partial charge is 0.239 e. The Balaban J connectivity index is 2.81. The quantitative estimate of drug-likeness (QED) is 0.808. The molecule has 0 atom stereocenters. The second-order valence-electron chi connectivity index (χ2n) is 4.76. The molecule has 0 aliphatic heterocycles. The van der Waals surface area contributed by atoms with E-state index in [9.17, 15) is 9.59 Å². The standard InChI is InChI=1S/C14H20N2O2/c1-10(2)15-14(18)8-16(4)13-6-5-11(3)7-12(13)9-17/h5-7,9-10H,8H2,1-4H3,(H,15,18). The summed E-state index contributed by atoms with van der Waals surface area (Å²) in [5, 5.41) is 2.82. The molecule has 1 aromatic carbocycles. The minimum absolute atomic E-state index is 0.0510. The van der Waals surface area contributed by atoms with Crippen LogP contribution in [0.4, 0.5) is 5.69 Å². The first kappa shape index (κ1) is 14.2. The number of nitrogens with zero attached hydrogens (tertiary/aromatic N) is 1. The minimum Gasteiger partial charge on any atom is -0.365 e. The fourth-order valence-corrected chi connectivity index (χ4v) is 1.78. The number of likely N-dealkylation sites (N-methyl/N-ethyl adjacent to an activating group) is 1. The normalized spacial score (nSPS) is 10.3. The van der Waals surface area contributed by atoms with Crippen molar-refractivity contribution in [3.63, 3.8) is 0 Å². The fourth-order valence-electron chi connectivity index (χ4n) is 1.78. The summed E-state index contributed by atoms with van der Waals surface area (Å²) in [5.74, 6) is -0.0510. The van der Waals surface area contributed by atoms with E-state index in [-0.39, 0.29) is 18.5 Å². The molecule has 0 bridgehead atoms. The number of anilines is 1. The lowest BCUT2D eigenvalue weighted by Gasteiger charge is -2.21. The summed E-state index contributed by atoms with van der Waals surface area (Å²) in [5.41, 5.74) is 2.41. The topological polar surface area (TPSA) is 49.4 Å². The molecule has 1 N–H and O–H groups in total. The molecule has 1 aromatic rings. The largest absolute Gasteiger partial charge is 0.365 e. The summed E-state index contributed by atoms with van der Waals surface area (Å²) in [7, 11) is 1.80. The van der Waals surface area contributed by atoms with Crippen LogP contribution in [0.1, 0.15) is 29.8 Å². The Morgan fingerprint density at radius 3 is 2.67 bits per heavy atom. The van der Waals surface area contributed by atoms with Crippen molar-refractivity contribution < 1.29 is 9.59 Å². The molecular formula is C14H20N2O2. The number of carbonyl (C=O) groups is 2. The SMILES string of the molecule is Cc1ccc(N(C)CC(=O)NC(C)C)c(C=O)c1. The molecular weight excluding hydrogens is 228 g/mol. The number of aldehydes is 1. The van der Waals surface area contributed by atoms with Gasteiger partial charge in [0.2, 0.25) is 5.91 Å². The molecule has 0 saturated carbocycles. The lowest BCUT2D eigenvalue weighted by molar-refractivity contribution is -0.120. The van der Waals surface area contributed by atoms with E-state index in [1.165, 1.54) is 0 Å². The maximum absolute atomic E-state index is 11.7. The molecule has 0 fully saturated rings. The monoisotopic (exact) mass is 248 g/mol. The molecule has 0 aliphatic carbocycles. The van der Waals surface area contributed by atoms with Gasteiger partial charge in [-0.05, 0) is 32.9 Å². The summed E-state index contributed by atoms with van der Waals surface area (Å²) in [6.07, 6.45) is 0.819. The highest BCUT2D eigenvalue weighted by Crippen LogP contribution is 2.18. The van der Waals surface area contributed by atoms with Crippen LogP contribution in [0, 0.1) is 6.92 Å². The van der Waals surface area contributed by atoms with Gasteiger partial charge in [0.25, 0.3) is 0 Å². The van der Waals surface area contributed by atoms with Crippen LogP contribution in [0.3, 0.4) is 0 Å². The van der Waals surface area contributed by atoms with Crippen LogP contribution in [0.25, 0.3) is 0 Å². The van der Waals surface area contributed by atoms with Gasteiger partial charge in [-0.1, -0.05) is 11.6 Å². The molecule has 0 saturated heterocycles. The molecule has 0 radical (unpaired) electrons. The Labute approximate surface area is 108 Å². The van der Waals surface area contributed by atoms with Crippen molar-refractivity contribution in [3.8, 4) is 0 Å². The molecule has 1 rings (SSSR count). The van der Waals surface area contributed by atoms with Crippen LogP contribution in [-0.4, -0.2) is 31.8 Å². The first-order chi connectivity index (χ1) is 8.43. The summed E-state index contributed by atoms with van der Waals surface area (Å²) < 4.78 is 0. The number of nitrogens with one attached hydrogen (secondary N) is 1. The third kappa shape index (κ3) is 3.87. The van der Waals surface area contributed by atoms with E-state index in [1.807, 2.05) is 39.0 Å². The number of hydrogen-bond acceptors (Lipinski definition) is 3. The first-order valence-corrected chi connectivity index (χ1v) is 6.00. The summed E-state index contributed by atoms with van der Waals surface area (Å²) in [6.45, 7) is 6.01. The second-order valence-corrected chi connectivity index (χ2v) is 4.76. The fraction of sp³-hybridized carbons (Fsp3) is 0.429. The van der Waals surface area contributed by atoms with Gasteiger partial charge in [0, 0.05) is 24.3 Å². The van der Waals surface area contributed by atoms with Gasteiger partial charge in [-0.25, -0.2) is 0 Å². The first-order valence-electron chi connectivity index (χ1n) is 6.00. The van der Waals surface area contributed by atoms with Gasteiger partial charge in [0.1, 0.15) is 0 Å². The number of aryl methyl sites for hydroxylation is 1. The number of benzene rings is 1. The van der Waals surface area contributed by atoms with Crippen LogP contribution in [-0.2, 0) is 4.79 Å². The Morgan fingerprint density at radius 2 is 2.11 bits per heavy atom. The van der Waals surface area contributed by atoms with Crippen LogP contribution >= 0.6 is 0 Å². The molecule has 0 aliphatic rings. The summed E-state index contributed by atoms with van der Waals surface area (Å²) in [6, 6.07) is 5.73. The van der Waals surface area contributed by atoms with Gasteiger partial charge in [0.15, 0.2) is 6.29 Å². The molecule has 4 nitrogen and oxygen atoms in total. The van der Waals surface area contributed by atoms with E-state index in [1.54, 1.807) is 11.9 Å². The zero-order valence-electron chi connectivity index (χ0n) is 11.4. The summed E-state index contributed by atoms with van der Waals surface area (Å²) in [4.78, 5) is 24.5. The van der Waals surface area contributed by atoms with E-state index < -0.39 is 0 Å². The van der Waals surface area contributed by atoms with Crippen LogP contribution in [0.2, 0.25) is 0 Å². The van der Waals surface area contributed by atoms with Crippen LogP contribution < -0.4 is 10.2 Å². The van der Waals surface area contributed by atoms with E-state index in [0.29, 0.717) is 5.56 Å². The number of carbonyl (C=O) groups excluding carboxylic acids is 2. The second kappa shape index (κ2) is 6.19. The zero-order valence-corrected chi connectivity index (χ0v) is 11.4. The highest BCUT2D eigenvalue weighted by molar-refractivity contribution is 5.88. The number of hydrogen-bond donors (Lipinski definition) is 1. The average molecular weight is 248 g/mol. The highest BCUT2D eigenvalue weighted by Gasteiger charge is 2.11. The molecule has 0 spiro atoms. The maximum Gasteiger partial charge on any atom is 0.239 e. The van der Waals surface area contributed by atoms with Gasteiger partial charge < -0.3 is 10.2 Å². The van der Waals surface area contributed by atoms with Gasteiger partial charge in [-0.2, -0.15) is 0 Å². The predicted molar refractivity (Wildman–Crippen MR) is 73.1 cm³/mol. The molecule has 0 unspecified atom stereocenters. The van der Waals surface area contributed by atoms with E-state index >= 15 is 0 Å². The minimum atomic E-state index is -0.0510. The van der Waals surface area contributed by atoms with Crippen molar-refractivity contribution in [2.24, 2.45) is 0 Å². The van der Waals surface area contributed by atoms with Crippen molar-refractivity contribution in [1.29, 1.82) is 0 Å². The molecule has 98 valence electrons. The predicted octanol–water partition coefficient (Wildman–Crippen LogP) is 1.77. The molecule has 4 heteroatoms. The maximum atomic E-state index is 11.7. The van der Waals surface area contributed by atoms with Crippen molar-refractivity contribution in [3.05, 3.63) is 29.3 Å². The van der Waals surface area contributed by atoms with Gasteiger partial charge >= 0.3 is 0 Å². The molecule has 0 heterocycles. The number of rotatable bonds is 5. The van der Waals surface area contributed by atoms with Gasteiger partial charge in [-0.3, -0.25) is 9.59 Å². The lowest BCUT2D eigenvalue weighted by atomic mass is 10.1. The average Bonchev–Trinajstić information content (AvgIpc) is 2.27. The Kier molecular flexibility index (Phi) is 4.89. The summed E-state index contributed by atoms with van der Waals surface area (Å²) >= 11 is 0. The van der Waals surface area contributed by atoms with E-state index in [4.69, 9.17) is 0 Å². The number of amides is 1. The molecule has 1 amide bonds. The van der Waals surface area contributed by atoms with Crippen molar-refractivity contribution in [2.45, 2.75) is 26.8 Å². The third-order valence-electron chi connectivity index (χ3n) is 2.55. The highest BCUT2D eigenvalue weighted by atomic mass is 16.2. The van der Waals surface area contributed by atoms with Crippen LogP contribution in [0.15, 0.2) is 18.2 Å². The van der Waals surface area contributed by atoms with Gasteiger partial charge in [0.05, 0.1) is 6.54 Å². The lowest BCUT2D eigenvalue weighted by Crippen LogP contribution is -2.38. The molecule has 18 heavy (non-hydrogen) atoms. The van der Waals surface area contributed by atoms with Crippen molar-refractivity contribution >= 4 is 17.9 Å². The Hall–Kier alpha value is -1.84. The van der Waals surface area contributed by atoms with E-state index in [2.05, 4.69) is 5.32 Å². The van der Waals surface area contributed by atoms with Crippen molar-refractivity contribution in [1.82, 2.24) is 5.32 Å².